The van der Waals surface area contributed by atoms with Crippen molar-refractivity contribution in [2.45, 2.75) is 49.7 Å². The number of nitrogens with one attached hydrogen (secondary N) is 1. The summed E-state index contributed by atoms with van der Waals surface area (Å²) in [6, 6.07) is 9.81. The van der Waals surface area contributed by atoms with E-state index < -0.39 is 11.9 Å². The topological polar surface area (TPSA) is 46.9 Å². The number of halogens is 3. The van der Waals surface area contributed by atoms with Crippen LogP contribution in [0.4, 0.5) is 13.2 Å². The second kappa shape index (κ2) is 8.82. The predicted octanol–water partition coefficient (Wildman–Crippen LogP) is 4.08. The molecule has 0 spiro atoms. The number of fused-ring (bicyclic) bond motifs is 1. The van der Waals surface area contributed by atoms with Gasteiger partial charge in [-0.15, -0.1) is 11.8 Å². The van der Waals surface area contributed by atoms with Crippen molar-refractivity contribution in [3.8, 4) is 0 Å². The maximum Gasteiger partial charge on any atom is 0.435 e. The highest BCUT2D eigenvalue weighted by Gasteiger charge is 2.39. The van der Waals surface area contributed by atoms with E-state index >= 15 is 0 Å². The Morgan fingerprint density at radius 3 is 2.67 bits per heavy atom. The number of rotatable bonds is 7. The largest absolute Gasteiger partial charge is 0.435 e. The van der Waals surface area contributed by atoms with Gasteiger partial charge in [0.2, 0.25) is 5.91 Å². The normalized spacial score (nSPS) is 14.0. The molecular formula is C19H22F3N3OS. The molecule has 1 N–H and O–H groups in total. The zero-order chi connectivity index (χ0) is 19.3. The molecule has 2 aromatic rings. The van der Waals surface area contributed by atoms with Crippen LogP contribution in [0.2, 0.25) is 0 Å². The van der Waals surface area contributed by atoms with E-state index in [4.69, 9.17) is 0 Å². The monoisotopic (exact) mass is 397 g/mol. The lowest BCUT2D eigenvalue weighted by Crippen LogP contribution is -2.28. The molecule has 0 radical (unpaired) electrons. The molecule has 8 heteroatoms. The third kappa shape index (κ3) is 5.28. The Morgan fingerprint density at radius 1 is 1.19 bits per heavy atom. The van der Waals surface area contributed by atoms with Crippen LogP contribution in [0.25, 0.3) is 0 Å². The minimum absolute atomic E-state index is 0.101. The van der Waals surface area contributed by atoms with Gasteiger partial charge in [0.25, 0.3) is 0 Å². The van der Waals surface area contributed by atoms with Crippen LogP contribution in [0.3, 0.4) is 0 Å². The summed E-state index contributed by atoms with van der Waals surface area (Å²) in [5.41, 5.74) is 0.240. The fourth-order valence-corrected chi connectivity index (χ4v) is 4.12. The Morgan fingerprint density at radius 2 is 1.93 bits per heavy atom. The molecule has 1 amide bonds. The molecule has 146 valence electrons. The van der Waals surface area contributed by atoms with Gasteiger partial charge >= 0.3 is 6.18 Å². The van der Waals surface area contributed by atoms with Crippen molar-refractivity contribution in [1.29, 1.82) is 0 Å². The Hall–Kier alpha value is -1.96. The van der Waals surface area contributed by atoms with E-state index in [9.17, 15) is 18.0 Å². The molecule has 1 heterocycles. The first-order chi connectivity index (χ1) is 12.9. The van der Waals surface area contributed by atoms with Gasteiger partial charge in [0, 0.05) is 34.9 Å². The highest BCUT2D eigenvalue weighted by molar-refractivity contribution is 7.99. The minimum Gasteiger partial charge on any atom is -0.354 e. The number of hydrogen-bond acceptors (Lipinski definition) is 3. The summed E-state index contributed by atoms with van der Waals surface area (Å²) in [6.07, 6.45) is -1.39. The molecule has 0 bridgehead atoms. The molecule has 27 heavy (non-hydrogen) atoms. The fraction of sp³-hybridized carbons (Fsp3) is 0.474. The molecular weight excluding hydrogens is 375 g/mol. The van der Waals surface area contributed by atoms with E-state index in [1.54, 1.807) is 11.8 Å². The van der Waals surface area contributed by atoms with Crippen LogP contribution in [-0.2, 0) is 30.4 Å². The maximum absolute atomic E-state index is 13.2. The molecule has 0 saturated carbocycles. The first-order valence-electron chi connectivity index (χ1n) is 9.05. The number of carbonyl (C=O) groups excluding carboxylic acids is 1. The lowest BCUT2D eigenvalue weighted by Gasteiger charge is -2.15. The number of hydrogen-bond donors (Lipinski definition) is 1. The van der Waals surface area contributed by atoms with E-state index in [2.05, 4.69) is 10.4 Å². The summed E-state index contributed by atoms with van der Waals surface area (Å²) < 4.78 is 40.9. The lowest BCUT2D eigenvalue weighted by molar-refractivity contribution is -0.142. The summed E-state index contributed by atoms with van der Waals surface area (Å²) in [7, 11) is 0. The Kier molecular flexibility index (Phi) is 6.46. The van der Waals surface area contributed by atoms with Crippen LogP contribution in [0.5, 0.6) is 0 Å². The van der Waals surface area contributed by atoms with E-state index in [0.29, 0.717) is 36.3 Å². The van der Waals surface area contributed by atoms with Crippen LogP contribution in [-0.4, -0.2) is 28.0 Å². The minimum atomic E-state index is -4.43. The molecule has 0 unspecified atom stereocenters. The van der Waals surface area contributed by atoms with Crippen molar-refractivity contribution >= 4 is 17.7 Å². The molecule has 4 nitrogen and oxygen atoms in total. The van der Waals surface area contributed by atoms with Crippen molar-refractivity contribution in [1.82, 2.24) is 15.1 Å². The van der Waals surface area contributed by atoms with Crippen molar-refractivity contribution in [2.75, 3.05) is 12.3 Å². The van der Waals surface area contributed by atoms with Crippen LogP contribution < -0.4 is 5.32 Å². The smallest absolute Gasteiger partial charge is 0.354 e. The van der Waals surface area contributed by atoms with Crippen LogP contribution in [0.1, 0.15) is 36.2 Å². The molecule has 0 fully saturated rings. The van der Waals surface area contributed by atoms with Gasteiger partial charge in [0.05, 0.1) is 6.54 Å². The fourth-order valence-electron chi connectivity index (χ4n) is 3.25. The maximum atomic E-state index is 13.2. The van der Waals surface area contributed by atoms with E-state index in [1.807, 2.05) is 30.3 Å². The number of nitrogens with zero attached hydrogens (tertiary/aromatic N) is 2. The zero-order valence-corrected chi connectivity index (χ0v) is 15.7. The van der Waals surface area contributed by atoms with Crippen molar-refractivity contribution in [3.63, 3.8) is 0 Å². The third-order valence-electron chi connectivity index (χ3n) is 4.51. The number of benzene rings is 1. The number of aromatic nitrogens is 2. The average Bonchev–Trinajstić information content (AvgIpc) is 3.02. The first kappa shape index (κ1) is 19.8. The number of carbonyl (C=O) groups is 1. The molecule has 0 atom stereocenters. The summed E-state index contributed by atoms with van der Waals surface area (Å²) in [5.74, 6) is 0.557. The predicted molar refractivity (Wildman–Crippen MR) is 98.7 cm³/mol. The van der Waals surface area contributed by atoms with Crippen molar-refractivity contribution < 1.29 is 18.0 Å². The highest BCUT2D eigenvalue weighted by atomic mass is 32.2. The Balaban J connectivity index is 1.49. The van der Waals surface area contributed by atoms with Crippen LogP contribution in [0, 0.1) is 0 Å². The van der Waals surface area contributed by atoms with Gasteiger partial charge in [-0.25, -0.2) is 0 Å². The number of thioether (sulfide) groups is 1. The highest BCUT2D eigenvalue weighted by Crippen LogP contribution is 2.35. The summed E-state index contributed by atoms with van der Waals surface area (Å²) in [5, 5.41) is 6.58. The Labute approximate surface area is 160 Å². The van der Waals surface area contributed by atoms with Gasteiger partial charge < -0.3 is 5.32 Å². The van der Waals surface area contributed by atoms with Crippen LogP contribution in [0.15, 0.2) is 35.2 Å². The average molecular weight is 397 g/mol. The number of amides is 1. The van der Waals surface area contributed by atoms with Gasteiger partial charge in [0.1, 0.15) is 0 Å². The van der Waals surface area contributed by atoms with Gasteiger partial charge in [-0.3, -0.25) is 9.48 Å². The quantitative estimate of drug-likeness (QED) is 0.716. The second-order valence-corrected chi connectivity index (χ2v) is 7.63. The zero-order valence-electron chi connectivity index (χ0n) is 14.9. The Bertz CT molecular complexity index is 774. The van der Waals surface area contributed by atoms with Crippen molar-refractivity contribution in [2.24, 2.45) is 0 Å². The number of alkyl halides is 3. The standard InChI is InChI=1S/C19H22F3N3OS/c20-19(21,22)18-15-8-4-5-9-16(15)25(24-18)12-11-23-17(26)10-13-27-14-6-2-1-3-7-14/h1-3,6-7H,4-5,8-13H2,(H,23,26). The molecule has 0 aliphatic heterocycles. The van der Waals surface area contributed by atoms with Gasteiger partial charge in [0.15, 0.2) is 5.69 Å². The third-order valence-corrected chi connectivity index (χ3v) is 5.53. The van der Waals surface area contributed by atoms with E-state index in [0.717, 1.165) is 17.7 Å². The van der Waals surface area contributed by atoms with Gasteiger partial charge in [-0.05, 0) is 37.8 Å². The molecule has 1 aromatic heterocycles. The lowest BCUT2D eigenvalue weighted by atomic mass is 9.95. The second-order valence-electron chi connectivity index (χ2n) is 6.46. The summed E-state index contributed by atoms with van der Waals surface area (Å²) in [4.78, 5) is 13.0. The molecule has 1 aliphatic rings. The van der Waals surface area contributed by atoms with E-state index in [-0.39, 0.29) is 19.0 Å². The van der Waals surface area contributed by atoms with Crippen LogP contribution >= 0.6 is 11.8 Å². The van der Waals surface area contributed by atoms with Gasteiger partial charge in [-0.1, -0.05) is 18.2 Å². The molecule has 3 rings (SSSR count). The first-order valence-corrected chi connectivity index (χ1v) is 10.0. The molecule has 1 aliphatic carbocycles. The molecule has 1 aromatic carbocycles. The summed E-state index contributed by atoms with van der Waals surface area (Å²) >= 11 is 1.60. The SMILES string of the molecule is O=C(CCSc1ccccc1)NCCn1nc(C(F)(F)F)c2c1CCCC2. The van der Waals surface area contributed by atoms with Crippen molar-refractivity contribution in [3.05, 3.63) is 47.3 Å². The van der Waals surface area contributed by atoms with Gasteiger partial charge in [-0.2, -0.15) is 18.3 Å². The molecule has 0 saturated heterocycles. The van der Waals surface area contributed by atoms with E-state index in [1.165, 1.54) is 4.68 Å². The summed E-state index contributed by atoms with van der Waals surface area (Å²) in [6.45, 7) is 0.538.